The van der Waals surface area contributed by atoms with Gasteiger partial charge in [-0.1, -0.05) is 26.7 Å². The highest BCUT2D eigenvalue weighted by Gasteiger charge is 2.23. The molecule has 1 fully saturated rings. The molecule has 0 heterocycles. The van der Waals surface area contributed by atoms with Gasteiger partial charge in [0.15, 0.2) is 0 Å². The quantitative estimate of drug-likeness (QED) is 0.683. The lowest BCUT2D eigenvalue weighted by Crippen LogP contribution is -2.46. The van der Waals surface area contributed by atoms with Gasteiger partial charge < -0.3 is 15.4 Å². The SMILES string of the molecule is COC(=O)C(CC(C)C)NC(=O)CNC1CCCC1. The first-order valence-corrected chi connectivity index (χ1v) is 7.13. The third-order valence-corrected chi connectivity index (χ3v) is 3.43. The standard InChI is InChI=1S/C14H26N2O3/c1-10(2)8-12(14(18)19-3)16-13(17)9-15-11-6-4-5-7-11/h10-12,15H,4-9H2,1-3H3,(H,16,17). The van der Waals surface area contributed by atoms with Crippen LogP contribution in [-0.2, 0) is 14.3 Å². The Balaban J connectivity index is 2.34. The van der Waals surface area contributed by atoms with E-state index in [2.05, 4.69) is 10.6 Å². The molecule has 0 saturated heterocycles. The summed E-state index contributed by atoms with van der Waals surface area (Å²) in [5, 5.41) is 5.98. The maximum atomic E-state index is 11.8. The zero-order chi connectivity index (χ0) is 14.3. The molecule has 0 aliphatic heterocycles. The number of methoxy groups -OCH3 is 1. The van der Waals surface area contributed by atoms with E-state index in [0.29, 0.717) is 18.4 Å². The minimum absolute atomic E-state index is 0.136. The lowest BCUT2D eigenvalue weighted by atomic mass is 10.0. The van der Waals surface area contributed by atoms with Crippen molar-refractivity contribution < 1.29 is 14.3 Å². The number of hydrogen-bond donors (Lipinski definition) is 2. The summed E-state index contributed by atoms with van der Waals surface area (Å²) < 4.78 is 4.72. The van der Waals surface area contributed by atoms with Crippen LogP contribution in [0.2, 0.25) is 0 Å². The Kier molecular flexibility index (Phi) is 6.84. The Bertz CT molecular complexity index is 299. The number of nitrogens with one attached hydrogen (secondary N) is 2. The first-order chi connectivity index (χ1) is 9.02. The summed E-state index contributed by atoms with van der Waals surface area (Å²) in [6.45, 7) is 4.30. The summed E-state index contributed by atoms with van der Waals surface area (Å²) >= 11 is 0. The van der Waals surface area contributed by atoms with Crippen molar-refractivity contribution in [2.24, 2.45) is 5.92 Å². The van der Waals surface area contributed by atoms with Gasteiger partial charge >= 0.3 is 5.97 Å². The van der Waals surface area contributed by atoms with Gasteiger partial charge in [0, 0.05) is 6.04 Å². The van der Waals surface area contributed by atoms with Crippen molar-refractivity contribution in [3.8, 4) is 0 Å². The van der Waals surface area contributed by atoms with E-state index < -0.39 is 6.04 Å². The van der Waals surface area contributed by atoms with Crippen LogP contribution < -0.4 is 10.6 Å². The van der Waals surface area contributed by atoms with Crippen LogP contribution in [0.3, 0.4) is 0 Å². The average molecular weight is 270 g/mol. The first-order valence-electron chi connectivity index (χ1n) is 7.13. The van der Waals surface area contributed by atoms with Gasteiger partial charge in [-0.15, -0.1) is 0 Å². The van der Waals surface area contributed by atoms with Gasteiger partial charge in [0.1, 0.15) is 6.04 Å². The monoisotopic (exact) mass is 270 g/mol. The summed E-state index contributed by atoms with van der Waals surface area (Å²) in [4.78, 5) is 23.4. The second-order valence-electron chi connectivity index (χ2n) is 5.64. The number of ether oxygens (including phenoxy) is 1. The van der Waals surface area contributed by atoms with Crippen molar-refractivity contribution in [2.45, 2.75) is 58.0 Å². The van der Waals surface area contributed by atoms with Crippen molar-refractivity contribution in [2.75, 3.05) is 13.7 Å². The molecule has 5 heteroatoms. The van der Waals surface area contributed by atoms with E-state index in [1.54, 1.807) is 0 Å². The van der Waals surface area contributed by atoms with E-state index in [9.17, 15) is 9.59 Å². The molecule has 0 spiro atoms. The molecular weight excluding hydrogens is 244 g/mol. The van der Waals surface area contributed by atoms with Crippen LogP contribution in [0, 0.1) is 5.92 Å². The largest absolute Gasteiger partial charge is 0.467 e. The van der Waals surface area contributed by atoms with Crippen molar-refractivity contribution in [3.05, 3.63) is 0 Å². The smallest absolute Gasteiger partial charge is 0.328 e. The highest BCUT2D eigenvalue weighted by Crippen LogP contribution is 2.17. The fraction of sp³-hybridized carbons (Fsp3) is 0.857. The number of amides is 1. The molecule has 1 unspecified atom stereocenters. The number of carbonyl (C=O) groups excluding carboxylic acids is 2. The first kappa shape index (κ1) is 16.0. The van der Waals surface area contributed by atoms with Crippen LogP contribution in [0.4, 0.5) is 0 Å². The fourth-order valence-corrected chi connectivity index (χ4v) is 2.44. The molecule has 0 aromatic carbocycles. The van der Waals surface area contributed by atoms with E-state index in [4.69, 9.17) is 4.74 Å². The summed E-state index contributed by atoms with van der Waals surface area (Å²) in [6.07, 6.45) is 5.34. The molecule has 1 aliphatic carbocycles. The van der Waals surface area contributed by atoms with E-state index >= 15 is 0 Å². The zero-order valence-corrected chi connectivity index (χ0v) is 12.2. The molecule has 0 radical (unpaired) electrons. The average Bonchev–Trinajstić information content (AvgIpc) is 2.87. The molecular formula is C14H26N2O3. The van der Waals surface area contributed by atoms with E-state index in [1.807, 2.05) is 13.8 Å². The highest BCUT2D eigenvalue weighted by atomic mass is 16.5. The van der Waals surface area contributed by atoms with Crippen LogP contribution in [0.15, 0.2) is 0 Å². The zero-order valence-electron chi connectivity index (χ0n) is 12.2. The van der Waals surface area contributed by atoms with Crippen molar-refractivity contribution in [3.63, 3.8) is 0 Å². The molecule has 1 saturated carbocycles. The predicted molar refractivity (Wildman–Crippen MR) is 73.7 cm³/mol. The van der Waals surface area contributed by atoms with Gasteiger partial charge in [-0.25, -0.2) is 4.79 Å². The minimum Gasteiger partial charge on any atom is -0.467 e. The van der Waals surface area contributed by atoms with E-state index in [1.165, 1.54) is 20.0 Å². The van der Waals surface area contributed by atoms with Gasteiger partial charge in [0.25, 0.3) is 0 Å². The molecule has 0 aromatic rings. The predicted octanol–water partition coefficient (Wildman–Crippen LogP) is 1.22. The highest BCUT2D eigenvalue weighted by molar-refractivity contribution is 5.85. The summed E-state index contributed by atoms with van der Waals surface area (Å²) in [5.41, 5.74) is 0. The van der Waals surface area contributed by atoms with Crippen molar-refractivity contribution in [1.29, 1.82) is 0 Å². The molecule has 0 aromatic heterocycles. The lowest BCUT2D eigenvalue weighted by molar-refractivity contribution is -0.145. The van der Waals surface area contributed by atoms with Crippen molar-refractivity contribution in [1.82, 2.24) is 10.6 Å². The Hall–Kier alpha value is -1.10. The van der Waals surface area contributed by atoms with Crippen LogP contribution >= 0.6 is 0 Å². The lowest BCUT2D eigenvalue weighted by Gasteiger charge is -2.19. The molecule has 0 bridgehead atoms. The third kappa shape index (κ3) is 6.05. The van der Waals surface area contributed by atoms with Gasteiger partial charge in [0.2, 0.25) is 5.91 Å². The van der Waals surface area contributed by atoms with Crippen LogP contribution in [0.1, 0.15) is 46.0 Å². The molecule has 2 N–H and O–H groups in total. The molecule has 5 nitrogen and oxygen atoms in total. The summed E-state index contributed by atoms with van der Waals surface area (Å²) in [5.74, 6) is -0.182. The third-order valence-electron chi connectivity index (χ3n) is 3.43. The number of hydrogen-bond acceptors (Lipinski definition) is 4. The molecule has 1 amide bonds. The topological polar surface area (TPSA) is 67.4 Å². The molecule has 1 aliphatic rings. The molecule has 1 atom stereocenters. The Morgan fingerprint density at radius 2 is 1.89 bits per heavy atom. The Morgan fingerprint density at radius 1 is 1.26 bits per heavy atom. The minimum atomic E-state index is -0.539. The Morgan fingerprint density at radius 3 is 2.42 bits per heavy atom. The summed E-state index contributed by atoms with van der Waals surface area (Å²) in [6, 6.07) is -0.0877. The van der Waals surface area contributed by atoms with Gasteiger partial charge in [-0.05, 0) is 25.2 Å². The van der Waals surface area contributed by atoms with Crippen LogP contribution in [0.5, 0.6) is 0 Å². The normalized spacial score (nSPS) is 17.5. The van der Waals surface area contributed by atoms with Crippen molar-refractivity contribution >= 4 is 11.9 Å². The van der Waals surface area contributed by atoms with Gasteiger partial charge in [0.05, 0.1) is 13.7 Å². The summed E-state index contributed by atoms with van der Waals surface area (Å²) in [7, 11) is 1.35. The second-order valence-corrected chi connectivity index (χ2v) is 5.64. The number of rotatable bonds is 7. The van der Waals surface area contributed by atoms with E-state index in [-0.39, 0.29) is 18.4 Å². The van der Waals surface area contributed by atoms with Gasteiger partial charge in [-0.2, -0.15) is 0 Å². The molecule has 19 heavy (non-hydrogen) atoms. The van der Waals surface area contributed by atoms with E-state index in [0.717, 1.165) is 12.8 Å². The fourth-order valence-electron chi connectivity index (χ4n) is 2.44. The second kappa shape index (κ2) is 8.15. The molecule has 110 valence electrons. The number of carbonyl (C=O) groups is 2. The number of esters is 1. The Labute approximate surface area is 115 Å². The van der Waals surface area contributed by atoms with Gasteiger partial charge in [-0.3, -0.25) is 4.79 Å². The maximum Gasteiger partial charge on any atom is 0.328 e. The molecule has 1 rings (SSSR count). The maximum absolute atomic E-state index is 11.8. The van der Waals surface area contributed by atoms with Crippen LogP contribution in [0.25, 0.3) is 0 Å². The van der Waals surface area contributed by atoms with Crippen LogP contribution in [-0.4, -0.2) is 37.6 Å².